The number of alkyl halides is 3. The Morgan fingerprint density at radius 1 is 1.30 bits per heavy atom. The molecule has 1 N–H and O–H groups in total. The fourth-order valence-electron chi connectivity index (χ4n) is 2.64. The summed E-state index contributed by atoms with van der Waals surface area (Å²) in [6.07, 6.45) is 1.11. The molecule has 0 aromatic rings. The van der Waals surface area contributed by atoms with Gasteiger partial charge >= 0.3 is 6.18 Å². The predicted molar refractivity (Wildman–Crippen MR) is 73.7 cm³/mol. The smallest absolute Gasteiger partial charge is 0.362 e. The van der Waals surface area contributed by atoms with Gasteiger partial charge in [-0.3, -0.25) is 4.79 Å². The van der Waals surface area contributed by atoms with E-state index < -0.39 is 23.3 Å². The van der Waals surface area contributed by atoms with Gasteiger partial charge < -0.3 is 5.32 Å². The third-order valence-electron chi connectivity index (χ3n) is 3.70. The summed E-state index contributed by atoms with van der Waals surface area (Å²) in [6.45, 7) is 1.32. The predicted octanol–water partition coefficient (Wildman–Crippen LogP) is 3.64. The molecule has 0 spiro atoms. The van der Waals surface area contributed by atoms with E-state index in [9.17, 15) is 18.0 Å². The summed E-state index contributed by atoms with van der Waals surface area (Å²) in [7, 11) is 0. The minimum Gasteiger partial charge on any atom is -0.362 e. The molecule has 3 nitrogen and oxygen atoms in total. The van der Waals surface area contributed by atoms with E-state index in [1.54, 1.807) is 0 Å². The zero-order valence-corrected chi connectivity index (χ0v) is 12.2. The Bertz CT molecular complexity index is 403. The van der Waals surface area contributed by atoms with Crippen LogP contribution in [0.1, 0.15) is 51.9 Å². The van der Waals surface area contributed by atoms with Gasteiger partial charge in [0.05, 0.1) is 6.42 Å². The first-order chi connectivity index (χ1) is 9.28. The SMILES string of the molecule is CC1(CC(F)(F)F)SC(NC2CCCCCC2)=NC1=O. The number of halogens is 3. The molecule has 1 atom stereocenters. The highest BCUT2D eigenvalue weighted by molar-refractivity contribution is 8.16. The maximum atomic E-state index is 12.5. The van der Waals surface area contributed by atoms with Gasteiger partial charge in [-0.15, -0.1) is 0 Å². The van der Waals surface area contributed by atoms with E-state index in [0.29, 0.717) is 5.17 Å². The average Bonchev–Trinajstić information content (AvgIpc) is 2.51. The van der Waals surface area contributed by atoms with E-state index in [-0.39, 0.29) is 6.04 Å². The van der Waals surface area contributed by atoms with Crippen LogP contribution in [-0.4, -0.2) is 28.0 Å². The summed E-state index contributed by atoms with van der Waals surface area (Å²) < 4.78 is 36.1. The molecule has 0 radical (unpaired) electrons. The van der Waals surface area contributed by atoms with E-state index in [2.05, 4.69) is 10.3 Å². The molecule has 1 unspecified atom stereocenters. The molecule has 2 aliphatic rings. The lowest BCUT2D eigenvalue weighted by molar-refractivity contribution is -0.147. The molecule has 0 bridgehead atoms. The van der Waals surface area contributed by atoms with E-state index in [1.165, 1.54) is 19.8 Å². The van der Waals surface area contributed by atoms with Gasteiger partial charge in [0, 0.05) is 6.04 Å². The lowest BCUT2D eigenvalue weighted by atomic mass is 10.1. The molecule has 1 heterocycles. The minimum atomic E-state index is -4.36. The van der Waals surface area contributed by atoms with Crippen molar-refractivity contribution in [3.8, 4) is 0 Å². The fraction of sp³-hybridized carbons (Fsp3) is 0.846. The van der Waals surface area contributed by atoms with E-state index in [0.717, 1.165) is 37.4 Å². The van der Waals surface area contributed by atoms with Crippen LogP contribution in [0.4, 0.5) is 13.2 Å². The summed E-state index contributed by atoms with van der Waals surface area (Å²) in [5.74, 6) is -0.684. The number of amidine groups is 1. The maximum absolute atomic E-state index is 12.5. The van der Waals surface area contributed by atoms with Crippen molar-refractivity contribution < 1.29 is 18.0 Å². The number of nitrogens with one attached hydrogen (secondary N) is 1. The first kappa shape index (κ1) is 15.7. The van der Waals surface area contributed by atoms with Crippen molar-refractivity contribution in [3.63, 3.8) is 0 Å². The molecule has 2 rings (SSSR count). The zero-order valence-electron chi connectivity index (χ0n) is 11.4. The molecule has 1 aliphatic carbocycles. The van der Waals surface area contributed by atoms with Crippen LogP contribution in [0.15, 0.2) is 4.99 Å². The molecule has 114 valence electrons. The normalized spacial score (nSPS) is 29.2. The number of carbonyl (C=O) groups is 1. The molecule has 0 aromatic carbocycles. The van der Waals surface area contributed by atoms with Crippen LogP contribution in [0.5, 0.6) is 0 Å². The van der Waals surface area contributed by atoms with Crippen molar-refractivity contribution >= 4 is 22.8 Å². The second kappa shape index (κ2) is 5.95. The Balaban J connectivity index is 1.95. The summed E-state index contributed by atoms with van der Waals surface area (Å²) >= 11 is 0.918. The van der Waals surface area contributed by atoms with Gasteiger partial charge in [-0.25, -0.2) is 0 Å². The number of carbonyl (C=O) groups excluding carboxylic acids is 1. The monoisotopic (exact) mass is 308 g/mol. The standard InChI is InChI=1S/C13H19F3N2OS/c1-12(8-13(14,15)16)10(19)18-11(20-12)17-9-6-4-2-3-5-7-9/h9H,2-8H2,1H3,(H,17,18,19). The number of thioether (sulfide) groups is 1. The van der Waals surface area contributed by atoms with Crippen LogP contribution in [-0.2, 0) is 4.79 Å². The number of hydrogen-bond acceptors (Lipinski definition) is 3. The average molecular weight is 308 g/mol. The van der Waals surface area contributed by atoms with Crippen molar-refractivity contribution in [3.05, 3.63) is 0 Å². The van der Waals surface area contributed by atoms with Crippen molar-refractivity contribution in [2.24, 2.45) is 4.99 Å². The Morgan fingerprint density at radius 3 is 2.45 bits per heavy atom. The van der Waals surface area contributed by atoms with Gasteiger partial charge in [-0.1, -0.05) is 37.4 Å². The quantitative estimate of drug-likeness (QED) is 0.792. The summed E-state index contributed by atoms with van der Waals surface area (Å²) in [4.78, 5) is 15.5. The van der Waals surface area contributed by atoms with Gasteiger partial charge in [-0.2, -0.15) is 18.2 Å². The summed E-state index contributed by atoms with van der Waals surface area (Å²) in [6, 6.07) is 0.227. The topological polar surface area (TPSA) is 41.5 Å². The Morgan fingerprint density at radius 2 is 1.90 bits per heavy atom. The number of hydrogen-bond donors (Lipinski definition) is 1. The van der Waals surface area contributed by atoms with Crippen molar-refractivity contribution in [2.75, 3.05) is 0 Å². The first-order valence-electron chi connectivity index (χ1n) is 6.94. The molecule has 1 aliphatic heterocycles. The van der Waals surface area contributed by atoms with Crippen molar-refractivity contribution in [1.29, 1.82) is 0 Å². The number of amides is 1. The molecule has 20 heavy (non-hydrogen) atoms. The van der Waals surface area contributed by atoms with Crippen LogP contribution in [0.2, 0.25) is 0 Å². The zero-order chi connectivity index (χ0) is 14.8. The van der Waals surface area contributed by atoms with Gasteiger partial charge in [0.2, 0.25) is 0 Å². The molecule has 0 aromatic heterocycles. The minimum absolute atomic E-state index is 0.227. The lowest BCUT2D eigenvalue weighted by Gasteiger charge is -2.22. The van der Waals surface area contributed by atoms with Gasteiger partial charge in [0.1, 0.15) is 4.75 Å². The molecular weight excluding hydrogens is 289 g/mol. The molecule has 1 amide bonds. The third kappa shape index (κ3) is 4.14. The van der Waals surface area contributed by atoms with Gasteiger partial charge in [0.15, 0.2) is 5.17 Å². The number of aliphatic imine (C=N–C) groups is 1. The molecule has 1 fully saturated rings. The van der Waals surface area contributed by atoms with Crippen LogP contribution >= 0.6 is 11.8 Å². The van der Waals surface area contributed by atoms with E-state index in [1.807, 2.05) is 0 Å². The number of nitrogens with zero attached hydrogens (tertiary/aromatic N) is 1. The lowest BCUT2D eigenvalue weighted by Crippen LogP contribution is -2.35. The van der Waals surface area contributed by atoms with E-state index in [4.69, 9.17) is 0 Å². The Hall–Kier alpha value is -0.720. The van der Waals surface area contributed by atoms with Gasteiger partial charge in [0.25, 0.3) is 5.91 Å². The second-order valence-corrected chi connectivity index (χ2v) is 7.17. The highest BCUT2D eigenvalue weighted by atomic mass is 32.2. The van der Waals surface area contributed by atoms with Crippen molar-refractivity contribution in [1.82, 2.24) is 5.32 Å². The molecule has 0 saturated heterocycles. The fourth-order valence-corrected chi connectivity index (χ4v) is 3.79. The Kier molecular flexibility index (Phi) is 4.66. The maximum Gasteiger partial charge on any atom is 0.390 e. The Labute approximate surface area is 120 Å². The molecular formula is C13H19F3N2OS. The third-order valence-corrected chi connectivity index (χ3v) is 4.87. The number of rotatable bonds is 2. The van der Waals surface area contributed by atoms with Crippen LogP contribution in [0.25, 0.3) is 0 Å². The van der Waals surface area contributed by atoms with Crippen LogP contribution in [0.3, 0.4) is 0 Å². The largest absolute Gasteiger partial charge is 0.390 e. The highest BCUT2D eigenvalue weighted by Gasteiger charge is 2.49. The van der Waals surface area contributed by atoms with Crippen LogP contribution < -0.4 is 5.32 Å². The molecule has 1 saturated carbocycles. The van der Waals surface area contributed by atoms with Gasteiger partial charge in [-0.05, 0) is 19.8 Å². The van der Waals surface area contributed by atoms with E-state index >= 15 is 0 Å². The summed E-state index contributed by atoms with van der Waals surface area (Å²) in [5, 5.41) is 3.51. The highest BCUT2D eigenvalue weighted by Crippen LogP contribution is 2.42. The van der Waals surface area contributed by atoms with Crippen molar-refractivity contribution in [2.45, 2.75) is 68.8 Å². The molecule has 7 heteroatoms. The summed E-state index contributed by atoms with van der Waals surface area (Å²) in [5.41, 5.74) is 0. The first-order valence-corrected chi connectivity index (χ1v) is 7.76. The second-order valence-electron chi connectivity index (χ2n) is 5.68. The van der Waals surface area contributed by atoms with Crippen LogP contribution in [0, 0.1) is 0 Å².